The van der Waals surface area contributed by atoms with Crippen molar-refractivity contribution in [1.29, 1.82) is 5.26 Å². The molecule has 3 heterocycles. The van der Waals surface area contributed by atoms with Gasteiger partial charge in [0.25, 0.3) is 0 Å². The highest BCUT2D eigenvalue weighted by Crippen LogP contribution is 2.35. The normalized spacial score (nSPS) is 22.0. The van der Waals surface area contributed by atoms with E-state index in [0.29, 0.717) is 28.2 Å². The molecule has 0 amide bonds. The summed E-state index contributed by atoms with van der Waals surface area (Å²) in [6.45, 7) is 6.10. The maximum absolute atomic E-state index is 14.6. The Kier molecular flexibility index (Phi) is 6.03. The van der Waals surface area contributed by atoms with Gasteiger partial charge in [-0.05, 0) is 12.3 Å². The number of alkyl halides is 1. The van der Waals surface area contributed by atoms with Crippen LogP contribution in [0.25, 0.3) is 5.52 Å². The van der Waals surface area contributed by atoms with Crippen molar-refractivity contribution >= 4 is 33.1 Å². The fraction of sp³-hybridized carbons (Fsp3) is 0.611. The second-order valence-corrected chi connectivity index (χ2v) is 10.1. The minimum absolute atomic E-state index is 0.0133. The van der Waals surface area contributed by atoms with E-state index in [2.05, 4.69) is 21.5 Å². The van der Waals surface area contributed by atoms with E-state index in [1.165, 1.54) is 6.20 Å². The van der Waals surface area contributed by atoms with Crippen LogP contribution in [0.3, 0.4) is 0 Å². The molecule has 1 aliphatic heterocycles. The molecule has 1 unspecified atom stereocenters. The van der Waals surface area contributed by atoms with Gasteiger partial charge in [-0.15, -0.1) is 5.10 Å². The molecule has 158 valence electrons. The maximum Gasteiger partial charge on any atom is 0.241 e. The summed E-state index contributed by atoms with van der Waals surface area (Å²) >= 11 is 6.37. The number of nitrogens with one attached hydrogen (secondary N) is 1. The van der Waals surface area contributed by atoms with Gasteiger partial charge in [-0.3, -0.25) is 0 Å². The van der Waals surface area contributed by atoms with Gasteiger partial charge in [0, 0.05) is 19.0 Å². The molecule has 29 heavy (non-hydrogen) atoms. The van der Waals surface area contributed by atoms with Gasteiger partial charge in [-0.25, -0.2) is 22.3 Å². The number of piperidine rings is 1. The first-order valence-electron chi connectivity index (χ1n) is 9.37. The Morgan fingerprint density at radius 2 is 2.10 bits per heavy atom. The van der Waals surface area contributed by atoms with Gasteiger partial charge < -0.3 is 5.32 Å². The molecular weight excluding hydrogens is 419 g/mol. The van der Waals surface area contributed by atoms with Crippen LogP contribution in [0.1, 0.15) is 44.4 Å². The number of halogens is 2. The van der Waals surface area contributed by atoms with Gasteiger partial charge in [0.1, 0.15) is 17.8 Å². The van der Waals surface area contributed by atoms with Crippen LogP contribution in [0.2, 0.25) is 5.02 Å². The number of hydrogen-bond acceptors (Lipinski definition) is 6. The Morgan fingerprint density at radius 3 is 2.66 bits per heavy atom. The van der Waals surface area contributed by atoms with Crippen molar-refractivity contribution in [2.75, 3.05) is 24.7 Å². The van der Waals surface area contributed by atoms with E-state index >= 15 is 0 Å². The lowest BCUT2D eigenvalue weighted by molar-refractivity contribution is 0.186. The highest BCUT2D eigenvalue weighted by Gasteiger charge is 2.34. The summed E-state index contributed by atoms with van der Waals surface area (Å²) in [5.41, 5.74) is 1.57. The second kappa shape index (κ2) is 8.05. The minimum Gasteiger partial charge on any atom is -0.347 e. The molecular formula is C18H24ClFN6O2S. The predicted octanol–water partition coefficient (Wildman–Crippen LogP) is 2.80. The largest absolute Gasteiger partial charge is 0.347 e. The summed E-state index contributed by atoms with van der Waals surface area (Å²) in [4.78, 5) is 4.22. The van der Waals surface area contributed by atoms with Gasteiger partial charge in [0.05, 0.1) is 34.8 Å². The van der Waals surface area contributed by atoms with Gasteiger partial charge >= 0.3 is 0 Å². The van der Waals surface area contributed by atoms with E-state index in [0.717, 1.165) is 10.6 Å². The van der Waals surface area contributed by atoms with E-state index in [1.54, 1.807) is 4.52 Å². The zero-order valence-corrected chi connectivity index (χ0v) is 18.3. The predicted molar refractivity (Wildman–Crippen MR) is 109 cm³/mol. The molecule has 0 spiro atoms. The third-order valence-corrected chi connectivity index (χ3v) is 7.14. The number of sulfonamides is 1. The molecule has 2 aromatic rings. The molecule has 0 bridgehead atoms. The molecule has 0 aliphatic carbocycles. The Labute approximate surface area is 174 Å². The van der Waals surface area contributed by atoms with E-state index < -0.39 is 22.2 Å². The number of rotatable bonds is 5. The lowest BCUT2D eigenvalue weighted by Gasteiger charge is -2.33. The summed E-state index contributed by atoms with van der Waals surface area (Å²) in [7, 11) is -3.43. The fourth-order valence-electron chi connectivity index (χ4n) is 3.45. The van der Waals surface area contributed by atoms with Crippen LogP contribution in [0.5, 0.6) is 0 Å². The van der Waals surface area contributed by atoms with E-state index in [1.807, 2.05) is 20.8 Å². The van der Waals surface area contributed by atoms with E-state index in [9.17, 15) is 18.1 Å². The van der Waals surface area contributed by atoms with Gasteiger partial charge in [-0.1, -0.05) is 32.4 Å². The van der Waals surface area contributed by atoms with E-state index in [4.69, 9.17) is 11.6 Å². The Balaban J connectivity index is 1.92. The van der Waals surface area contributed by atoms with Crippen molar-refractivity contribution in [3.63, 3.8) is 0 Å². The van der Waals surface area contributed by atoms with Crippen LogP contribution in [0.4, 0.5) is 10.3 Å². The number of nitriles is 1. The zero-order valence-electron chi connectivity index (χ0n) is 16.7. The molecule has 8 nitrogen and oxygen atoms in total. The topological polar surface area (TPSA) is 103 Å². The first kappa shape index (κ1) is 21.7. The SMILES string of the molecule is CC(C)C(C)c1c(C#N)c(Cl)c2cnc(N[C@@H]3CCN(S(C)(=O)=O)C[C@H]3F)nn12. The highest BCUT2D eigenvalue weighted by atomic mass is 35.5. The molecule has 0 saturated carbocycles. The van der Waals surface area contributed by atoms with Crippen LogP contribution >= 0.6 is 11.6 Å². The first-order valence-corrected chi connectivity index (χ1v) is 11.6. The third kappa shape index (κ3) is 4.17. The number of aromatic nitrogens is 3. The third-order valence-electron chi connectivity index (χ3n) is 5.49. The van der Waals surface area contributed by atoms with Crippen molar-refractivity contribution in [2.24, 2.45) is 5.92 Å². The fourth-order valence-corrected chi connectivity index (χ4v) is 4.56. The Hall–Kier alpha value is -1.96. The molecule has 0 aromatic carbocycles. The summed E-state index contributed by atoms with van der Waals surface area (Å²) in [6.07, 6.45) is 1.48. The van der Waals surface area contributed by atoms with Crippen molar-refractivity contribution in [3.05, 3.63) is 22.5 Å². The Morgan fingerprint density at radius 1 is 1.41 bits per heavy atom. The highest BCUT2D eigenvalue weighted by molar-refractivity contribution is 7.88. The molecule has 1 saturated heterocycles. The van der Waals surface area contributed by atoms with Crippen LogP contribution in [0.15, 0.2) is 6.20 Å². The number of anilines is 1. The lowest BCUT2D eigenvalue weighted by atomic mass is 9.93. The average Bonchev–Trinajstić information content (AvgIpc) is 2.93. The van der Waals surface area contributed by atoms with Crippen molar-refractivity contribution in [1.82, 2.24) is 18.9 Å². The summed E-state index contributed by atoms with van der Waals surface area (Å²) in [5.74, 6) is 0.462. The summed E-state index contributed by atoms with van der Waals surface area (Å²) in [6, 6.07) is 1.54. The summed E-state index contributed by atoms with van der Waals surface area (Å²) in [5, 5.41) is 17.3. The molecule has 1 N–H and O–H groups in total. The molecule has 1 fully saturated rings. The van der Waals surface area contributed by atoms with Gasteiger partial charge in [-0.2, -0.15) is 9.57 Å². The zero-order chi connectivity index (χ0) is 21.5. The first-order chi connectivity index (χ1) is 13.5. The van der Waals surface area contributed by atoms with Gasteiger partial charge in [0.15, 0.2) is 0 Å². The second-order valence-electron chi connectivity index (χ2n) is 7.77. The molecule has 1 aliphatic rings. The van der Waals surface area contributed by atoms with Crippen LogP contribution in [-0.2, 0) is 10.0 Å². The monoisotopic (exact) mass is 442 g/mol. The minimum atomic E-state index is -3.43. The van der Waals surface area contributed by atoms with E-state index in [-0.39, 0.29) is 30.9 Å². The van der Waals surface area contributed by atoms with Crippen molar-refractivity contribution in [3.8, 4) is 6.07 Å². The van der Waals surface area contributed by atoms with Crippen molar-refractivity contribution in [2.45, 2.75) is 45.3 Å². The van der Waals surface area contributed by atoms with Crippen LogP contribution < -0.4 is 5.32 Å². The van der Waals surface area contributed by atoms with Crippen LogP contribution in [-0.4, -0.2) is 58.9 Å². The molecule has 0 radical (unpaired) electrons. The molecule has 2 aromatic heterocycles. The maximum atomic E-state index is 14.6. The van der Waals surface area contributed by atoms with Crippen LogP contribution in [0, 0.1) is 17.2 Å². The number of nitrogens with zero attached hydrogens (tertiary/aromatic N) is 5. The molecule has 3 rings (SSSR count). The Bertz CT molecular complexity index is 1060. The summed E-state index contributed by atoms with van der Waals surface area (Å²) < 4.78 is 40.6. The quantitative estimate of drug-likeness (QED) is 0.763. The average molecular weight is 443 g/mol. The lowest BCUT2D eigenvalue weighted by Crippen LogP contribution is -2.49. The standard InChI is InChI=1S/C18H24ClFN6O2S/c1-10(2)11(3)17-12(7-21)16(19)15-8-22-18(24-26(15)17)23-14-5-6-25(9-13(14)20)29(4,27)28/h8,10-11,13-14H,5-6,9H2,1-4H3,(H,23,24)/t11?,13-,14-/m1/s1. The smallest absolute Gasteiger partial charge is 0.241 e. The molecule has 3 atom stereocenters. The molecule has 11 heteroatoms. The number of hydrogen-bond donors (Lipinski definition) is 1. The number of fused-ring (bicyclic) bond motifs is 1. The van der Waals surface area contributed by atoms with Crippen molar-refractivity contribution < 1.29 is 12.8 Å². The van der Waals surface area contributed by atoms with Gasteiger partial charge in [0.2, 0.25) is 16.0 Å².